The molecule has 0 amide bonds. The van der Waals surface area contributed by atoms with Crippen LogP contribution in [-0.4, -0.2) is 9.78 Å². The highest BCUT2D eigenvalue weighted by Crippen LogP contribution is 2.26. The second kappa shape index (κ2) is 4.98. The van der Waals surface area contributed by atoms with Gasteiger partial charge in [0, 0.05) is 30.4 Å². The zero-order chi connectivity index (χ0) is 12.4. The summed E-state index contributed by atoms with van der Waals surface area (Å²) in [6.07, 6.45) is 1.99. The van der Waals surface area contributed by atoms with Crippen molar-refractivity contribution >= 4 is 28.9 Å². The van der Waals surface area contributed by atoms with Crippen molar-refractivity contribution in [3.63, 3.8) is 0 Å². The average molecular weight is 270 g/mol. The van der Waals surface area contributed by atoms with E-state index in [4.69, 9.17) is 23.2 Å². The molecule has 0 saturated carbocycles. The Hall–Kier alpha value is -1.19. The monoisotopic (exact) mass is 269 g/mol. The largest absolute Gasteiger partial charge is 0.380 e. The Kier molecular flexibility index (Phi) is 3.60. The smallest absolute Gasteiger partial charge is 0.0643 e. The lowest BCUT2D eigenvalue weighted by atomic mass is 10.2. The van der Waals surface area contributed by atoms with E-state index < -0.39 is 0 Å². The lowest BCUT2D eigenvalue weighted by Gasteiger charge is -2.08. The Labute approximate surface area is 110 Å². The molecule has 2 aromatic rings. The second-order valence-electron chi connectivity index (χ2n) is 3.89. The molecule has 0 aliphatic carbocycles. The van der Waals surface area contributed by atoms with Gasteiger partial charge >= 0.3 is 0 Å². The Bertz CT molecular complexity index is 535. The van der Waals surface area contributed by atoms with E-state index in [1.807, 2.05) is 26.2 Å². The molecule has 3 nitrogen and oxygen atoms in total. The van der Waals surface area contributed by atoms with Crippen molar-refractivity contribution in [1.29, 1.82) is 0 Å². The summed E-state index contributed by atoms with van der Waals surface area (Å²) in [4.78, 5) is 0. The number of benzene rings is 1. The van der Waals surface area contributed by atoms with Gasteiger partial charge < -0.3 is 5.32 Å². The SMILES string of the molecule is Cc1nn(C)cc1CNc1cc(Cl)ccc1Cl. The van der Waals surface area contributed by atoms with Crippen molar-refractivity contribution in [2.75, 3.05) is 5.32 Å². The third-order valence-corrected chi connectivity index (χ3v) is 3.08. The highest BCUT2D eigenvalue weighted by atomic mass is 35.5. The molecular weight excluding hydrogens is 257 g/mol. The maximum absolute atomic E-state index is 6.07. The number of hydrogen-bond acceptors (Lipinski definition) is 2. The minimum atomic E-state index is 0.663. The van der Waals surface area contributed by atoms with E-state index >= 15 is 0 Å². The molecule has 0 fully saturated rings. The Morgan fingerprint density at radius 3 is 2.76 bits per heavy atom. The van der Waals surface area contributed by atoms with Crippen LogP contribution in [0, 0.1) is 6.92 Å². The highest BCUT2D eigenvalue weighted by Gasteiger charge is 2.05. The lowest BCUT2D eigenvalue weighted by molar-refractivity contribution is 0.756. The fraction of sp³-hybridized carbons (Fsp3) is 0.250. The van der Waals surface area contributed by atoms with Gasteiger partial charge in [0.2, 0.25) is 0 Å². The number of halogens is 2. The lowest BCUT2D eigenvalue weighted by Crippen LogP contribution is -2.00. The first-order chi connectivity index (χ1) is 8.06. The van der Waals surface area contributed by atoms with E-state index in [-0.39, 0.29) is 0 Å². The van der Waals surface area contributed by atoms with Crippen LogP contribution < -0.4 is 5.32 Å². The summed E-state index contributed by atoms with van der Waals surface area (Å²) in [5, 5.41) is 8.86. The van der Waals surface area contributed by atoms with Crippen LogP contribution in [0.2, 0.25) is 10.0 Å². The zero-order valence-electron chi connectivity index (χ0n) is 9.67. The van der Waals surface area contributed by atoms with Crippen LogP contribution in [-0.2, 0) is 13.6 Å². The van der Waals surface area contributed by atoms with Gasteiger partial charge in [0.05, 0.1) is 16.4 Å². The van der Waals surface area contributed by atoms with Gasteiger partial charge in [-0.15, -0.1) is 0 Å². The molecule has 0 bridgehead atoms. The quantitative estimate of drug-likeness (QED) is 0.922. The molecule has 0 atom stereocenters. The molecule has 0 aliphatic heterocycles. The molecule has 5 heteroatoms. The molecule has 2 rings (SSSR count). The molecular formula is C12H13Cl2N3. The molecule has 17 heavy (non-hydrogen) atoms. The van der Waals surface area contributed by atoms with Crippen molar-refractivity contribution in [1.82, 2.24) is 9.78 Å². The van der Waals surface area contributed by atoms with E-state index in [1.54, 1.807) is 16.8 Å². The van der Waals surface area contributed by atoms with Crippen molar-refractivity contribution in [3.05, 3.63) is 45.7 Å². The van der Waals surface area contributed by atoms with E-state index in [9.17, 15) is 0 Å². The molecule has 1 aromatic heterocycles. The van der Waals surface area contributed by atoms with Crippen molar-refractivity contribution in [2.24, 2.45) is 7.05 Å². The van der Waals surface area contributed by atoms with Crippen LogP contribution in [0.4, 0.5) is 5.69 Å². The maximum atomic E-state index is 6.07. The van der Waals surface area contributed by atoms with E-state index in [0.717, 1.165) is 16.9 Å². The van der Waals surface area contributed by atoms with Gasteiger partial charge in [-0.25, -0.2) is 0 Å². The standard InChI is InChI=1S/C12H13Cl2N3/c1-8-9(7-17(2)16-8)6-15-12-5-10(13)3-4-11(12)14/h3-5,7,15H,6H2,1-2H3. The van der Waals surface area contributed by atoms with Gasteiger partial charge in [0.15, 0.2) is 0 Å². The Morgan fingerprint density at radius 1 is 1.35 bits per heavy atom. The van der Waals surface area contributed by atoms with E-state index in [2.05, 4.69) is 10.4 Å². The van der Waals surface area contributed by atoms with Crippen LogP contribution in [0.3, 0.4) is 0 Å². The summed E-state index contributed by atoms with van der Waals surface area (Å²) < 4.78 is 1.80. The predicted octanol–water partition coefficient (Wildman–Crippen LogP) is 3.65. The summed E-state index contributed by atoms with van der Waals surface area (Å²) in [5.74, 6) is 0. The molecule has 1 N–H and O–H groups in total. The number of aryl methyl sites for hydroxylation is 2. The number of aromatic nitrogens is 2. The first-order valence-electron chi connectivity index (χ1n) is 5.24. The third-order valence-electron chi connectivity index (χ3n) is 2.51. The summed E-state index contributed by atoms with van der Waals surface area (Å²) >= 11 is 12.0. The summed E-state index contributed by atoms with van der Waals surface area (Å²) in [5.41, 5.74) is 2.99. The Morgan fingerprint density at radius 2 is 2.12 bits per heavy atom. The summed E-state index contributed by atoms with van der Waals surface area (Å²) in [6, 6.07) is 5.36. The maximum Gasteiger partial charge on any atom is 0.0643 e. The van der Waals surface area contributed by atoms with Crippen LogP contribution in [0.5, 0.6) is 0 Å². The molecule has 0 saturated heterocycles. The first-order valence-corrected chi connectivity index (χ1v) is 6.00. The average Bonchev–Trinajstić information content (AvgIpc) is 2.59. The van der Waals surface area contributed by atoms with Crippen molar-refractivity contribution < 1.29 is 0 Å². The summed E-state index contributed by atoms with van der Waals surface area (Å²) in [6.45, 7) is 2.66. The summed E-state index contributed by atoms with van der Waals surface area (Å²) in [7, 11) is 1.91. The number of anilines is 1. The number of nitrogens with one attached hydrogen (secondary N) is 1. The van der Waals surface area contributed by atoms with Crippen LogP contribution in [0.25, 0.3) is 0 Å². The second-order valence-corrected chi connectivity index (χ2v) is 4.73. The molecule has 90 valence electrons. The van der Waals surface area contributed by atoms with E-state index in [0.29, 0.717) is 16.6 Å². The van der Waals surface area contributed by atoms with Gasteiger partial charge in [-0.3, -0.25) is 4.68 Å². The minimum absolute atomic E-state index is 0.663. The molecule has 1 heterocycles. The van der Waals surface area contributed by atoms with Crippen LogP contribution in [0.1, 0.15) is 11.3 Å². The predicted molar refractivity (Wildman–Crippen MR) is 71.7 cm³/mol. The number of rotatable bonds is 3. The van der Waals surface area contributed by atoms with Crippen LogP contribution in [0.15, 0.2) is 24.4 Å². The first kappa shape index (κ1) is 12.3. The molecule has 1 aromatic carbocycles. The topological polar surface area (TPSA) is 29.9 Å². The van der Waals surface area contributed by atoms with Crippen molar-refractivity contribution in [2.45, 2.75) is 13.5 Å². The van der Waals surface area contributed by atoms with Gasteiger partial charge in [0.1, 0.15) is 0 Å². The van der Waals surface area contributed by atoms with E-state index in [1.165, 1.54) is 0 Å². The van der Waals surface area contributed by atoms with Crippen LogP contribution >= 0.6 is 23.2 Å². The normalized spacial score (nSPS) is 10.6. The minimum Gasteiger partial charge on any atom is -0.380 e. The zero-order valence-corrected chi connectivity index (χ0v) is 11.2. The van der Waals surface area contributed by atoms with Gasteiger partial charge in [-0.05, 0) is 25.1 Å². The molecule has 0 spiro atoms. The van der Waals surface area contributed by atoms with Crippen molar-refractivity contribution in [3.8, 4) is 0 Å². The third kappa shape index (κ3) is 2.93. The number of hydrogen-bond donors (Lipinski definition) is 1. The van der Waals surface area contributed by atoms with Gasteiger partial charge in [-0.1, -0.05) is 23.2 Å². The fourth-order valence-electron chi connectivity index (χ4n) is 1.65. The highest BCUT2D eigenvalue weighted by molar-refractivity contribution is 6.35. The Balaban J connectivity index is 2.12. The van der Waals surface area contributed by atoms with Gasteiger partial charge in [-0.2, -0.15) is 5.10 Å². The molecule has 0 radical (unpaired) electrons. The van der Waals surface area contributed by atoms with Gasteiger partial charge in [0.25, 0.3) is 0 Å². The molecule has 0 unspecified atom stereocenters. The molecule has 0 aliphatic rings. The number of nitrogens with zero attached hydrogens (tertiary/aromatic N) is 2. The fourth-order valence-corrected chi connectivity index (χ4v) is 2.00.